The van der Waals surface area contributed by atoms with Crippen LogP contribution >= 0.6 is 0 Å². The van der Waals surface area contributed by atoms with E-state index in [1.165, 1.54) is 0 Å². The fourth-order valence-electron chi connectivity index (χ4n) is 2.19. The molecule has 0 bridgehead atoms. The second-order valence-corrected chi connectivity index (χ2v) is 5.41. The lowest BCUT2D eigenvalue weighted by atomic mass is 10.1. The molecule has 0 unspecified atom stereocenters. The van der Waals surface area contributed by atoms with Gasteiger partial charge in [0.05, 0.1) is 41.8 Å². The molecule has 0 saturated heterocycles. The molecule has 0 heterocycles. The summed E-state index contributed by atoms with van der Waals surface area (Å²) < 4.78 is 10.5. The summed E-state index contributed by atoms with van der Waals surface area (Å²) in [6.45, 7) is 0.683. The van der Waals surface area contributed by atoms with Gasteiger partial charge in [-0.15, -0.1) is 0 Å². The fraction of sp³-hybridized carbons (Fsp3) is 0.235. The van der Waals surface area contributed by atoms with Crippen molar-refractivity contribution >= 4 is 17.3 Å². The highest BCUT2D eigenvalue weighted by molar-refractivity contribution is 5.95. The minimum Gasteiger partial charge on any atom is -0.497 e. The van der Waals surface area contributed by atoms with E-state index in [9.17, 15) is 25.0 Å². The molecule has 0 aliphatic heterocycles. The SMILES string of the molecule is COc1ccc(COCCNC(=O)c2cc([N+](=O)[O-])cc([N+](=O)[O-])c2)cc1. The molecule has 142 valence electrons. The Kier molecular flexibility index (Phi) is 6.78. The Morgan fingerprint density at radius 3 is 2.15 bits per heavy atom. The zero-order valence-electron chi connectivity index (χ0n) is 14.4. The number of ether oxygens (including phenoxy) is 2. The maximum Gasteiger partial charge on any atom is 0.277 e. The first-order valence-corrected chi connectivity index (χ1v) is 7.83. The number of nitrogens with one attached hydrogen (secondary N) is 1. The maximum atomic E-state index is 12.1. The number of amides is 1. The summed E-state index contributed by atoms with van der Waals surface area (Å²) in [5, 5.41) is 24.2. The lowest BCUT2D eigenvalue weighted by Crippen LogP contribution is -2.27. The molecule has 0 aliphatic rings. The van der Waals surface area contributed by atoms with Crippen molar-refractivity contribution in [2.75, 3.05) is 20.3 Å². The van der Waals surface area contributed by atoms with Crippen LogP contribution < -0.4 is 10.1 Å². The average molecular weight is 375 g/mol. The van der Waals surface area contributed by atoms with Crippen LogP contribution in [0.15, 0.2) is 42.5 Å². The van der Waals surface area contributed by atoms with Crippen LogP contribution in [0.3, 0.4) is 0 Å². The van der Waals surface area contributed by atoms with E-state index in [1.54, 1.807) is 19.2 Å². The van der Waals surface area contributed by atoms with Crippen LogP contribution in [0.5, 0.6) is 5.75 Å². The Labute approximate surface area is 154 Å². The van der Waals surface area contributed by atoms with Gasteiger partial charge in [0.25, 0.3) is 17.3 Å². The van der Waals surface area contributed by atoms with Gasteiger partial charge in [-0.2, -0.15) is 0 Å². The highest BCUT2D eigenvalue weighted by Crippen LogP contribution is 2.22. The number of carbonyl (C=O) groups is 1. The van der Waals surface area contributed by atoms with E-state index in [4.69, 9.17) is 9.47 Å². The first-order valence-electron chi connectivity index (χ1n) is 7.83. The number of nitro groups is 2. The van der Waals surface area contributed by atoms with Crippen molar-refractivity contribution in [3.05, 3.63) is 73.8 Å². The Morgan fingerprint density at radius 2 is 1.63 bits per heavy atom. The van der Waals surface area contributed by atoms with Crippen molar-refractivity contribution in [3.63, 3.8) is 0 Å². The van der Waals surface area contributed by atoms with Crippen molar-refractivity contribution in [1.29, 1.82) is 0 Å². The highest BCUT2D eigenvalue weighted by Gasteiger charge is 2.19. The molecular formula is C17H17N3O7. The summed E-state index contributed by atoms with van der Waals surface area (Å²) in [5.41, 5.74) is -0.280. The van der Waals surface area contributed by atoms with Crippen molar-refractivity contribution < 1.29 is 24.1 Å². The molecule has 0 radical (unpaired) electrons. The molecule has 1 N–H and O–H groups in total. The van der Waals surface area contributed by atoms with Gasteiger partial charge in [0, 0.05) is 18.7 Å². The van der Waals surface area contributed by atoms with E-state index in [0.29, 0.717) is 6.61 Å². The molecule has 10 heteroatoms. The normalized spacial score (nSPS) is 10.3. The predicted octanol–water partition coefficient (Wildman–Crippen LogP) is 2.46. The van der Waals surface area contributed by atoms with Gasteiger partial charge in [-0.1, -0.05) is 12.1 Å². The van der Waals surface area contributed by atoms with Gasteiger partial charge in [0.15, 0.2) is 0 Å². The van der Waals surface area contributed by atoms with E-state index < -0.39 is 27.1 Å². The number of rotatable bonds is 9. The van der Waals surface area contributed by atoms with Gasteiger partial charge in [-0.3, -0.25) is 25.0 Å². The number of nitro benzene ring substituents is 2. The number of hydrogen-bond acceptors (Lipinski definition) is 7. The molecular weight excluding hydrogens is 358 g/mol. The van der Waals surface area contributed by atoms with Gasteiger partial charge in [-0.25, -0.2) is 0 Å². The van der Waals surface area contributed by atoms with Gasteiger partial charge in [-0.05, 0) is 17.7 Å². The molecule has 2 rings (SSSR count). The molecule has 0 fully saturated rings. The predicted molar refractivity (Wildman–Crippen MR) is 94.7 cm³/mol. The molecule has 0 saturated carbocycles. The van der Waals surface area contributed by atoms with Gasteiger partial charge in [0.2, 0.25) is 0 Å². The lowest BCUT2D eigenvalue weighted by Gasteiger charge is -2.07. The largest absolute Gasteiger partial charge is 0.497 e. The van der Waals surface area contributed by atoms with Crippen LogP contribution in [0.2, 0.25) is 0 Å². The first-order chi connectivity index (χ1) is 12.9. The van der Waals surface area contributed by atoms with E-state index in [-0.39, 0.29) is 18.7 Å². The summed E-state index contributed by atoms with van der Waals surface area (Å²) >= 11 is 0. The molecule has 2 aromatic rings. The third-order valence-corrected chi connectivity index (χ3v) is 3.55. The summed E-state index contributed by atoms with van der Waals surface area (Å²) in [6.07, 6.45) is 0. The second-order valence-electron chi connectivity index (χ2n) is 5.41. The zero-order chi connectivity index (χ0) is 19.8. The molecule has 1 amide bonds. The van der Waals surface area contributed by atoms with E-state index in [1.807, 2.05) is 12.1 Å². The molecule has 0 atom stereocenters. The van der Waals surface area contributed by atoms with Gasteiger partial charge >= 0.3 is 0 Å². The monoisotopic (exact) mass is 375 g/mol. The third-order valence-electron chi connectivity index (χ3n) is 3.55. The number of carbonyl (C=O) groups excluding carboxylic acids is 1. The number of benzene rings is 2. The van der Waals surface area contributed by atoms with Crippen molar-refractivity contribution in [3.8, 4) is 5.75 Å². The molecule has 0 aliphatic carbocycles. The smallest absolute Gasteiger partial charge is 0.277 e. The van der Waals surface area contributed by atoms with Crippen molar-refractivity contribution in [2.45, 2.75) is 6.61 Å². The Morgan fingerprint density at radius 1 is 1.04 bits per heavy atom. The summed E-state index contributed by atoms with van der Waals surface area (Å²) in [5.74, 6) is 0.0758. The molecule has 10 nitrogen and oxygen atoms in total. The van der Waals surface area contributed by atoms with Crippen molar-refractivity contribution in [2.24, 2.45) is 0 Å². The standard InChI is InChI=1S/C17H17N3O7/c1-26-16-4-2-12(3-5-16)11-27-7-6-18-17(21)13-8-14(19(22)23)10-15(9-13)20(24)25/h2-5,8-10H,6-7,11H2,1H3,(H,18,21). The van der Waals surface area contributed by atoms with E-state index in [0.717, 1.165) is 29.5 Å². The van der Waals surface area contributed by atoms with Crippen LogP contribution in [0.1, 0.15) is 15.9 Å². The van der Waals surface area contributed by atoms with Gasteiger partial charge in [0.1, 0.15) is 5.75 Å². The van der Waals surface area contributed by atoms with Crippen LogP contribution in [-0.4, -0.2) is 36.0 Å². The van der Waals surface area contributed by atoms with Crippen LogP contribution in [-0.2, 0) is 11.3 Å². The molecule has 0 spiro atoms. The van der Waals surface area contributed by atoms with Gasteiger partial charge < -0.3 is 14.8 Å². The summed E-state index contributed by atoms with van der Waals surface area (Å²) in [7, 11) is 1.57. The van der Waals surface area contributed by atoms with Crippen molar-refractivity contribution in [1.82, 2.24) is 5.32 Å². The number of non-ortho nitro benzene ring substituents is 2. The summed E-state index contributed by atoms with van der Waals surface area (Å²) in [6, 6.07) is 10.1. The Hall–Kier alpha value is -3.53. The number of methoxy groups -OCH3 is 1. The van der Waals surface area contributed by atoms with Crippen LogP contribution in [0, 0.1) is 20.2 Å². The Bertz CT molecular complexity index is 805. The van der Waals surface area contributed by atoms with Crippen LogP contribution in [0.25, 0.3) is 0 Å². The third kappa shape index (κ3) is 5.75. The van der Waals surface area contributed by atoms with Crippen LogP contribution in [0.4, 0.5) is 11.4 Å². The van der Waals surface area contributed by atoms with E-state index in [2.05, 4.69) is 5.32 Å². The molecule has 0 aromatic heterocycles. The Balaban J connectivity index is 1.86. The first kappa shape index (κ1) is 19.8. The topological polar surface area (TPSA) is 134 Å². The number of hydrogen-bond donors (Lipinski definition) is 1. The highest BCUT2D eigenvalue weighted by atomic mass is 16.6. The quantitative estimate of drug-likeness (QED) is 0.404. The zero-order valence-corrected chi connectivity index (χ0v) is 14.4. The second kappa shape index (κ2) is 9.25. The minimum atomic E-state index is -0.790. The minimum absolute atomic E-state index is 0.144. The summed E-state index contributed by atoms with van der Waals surface area (Å²) in [4.78, 5) is 32.2. The fourth-order valence-corrected chi connectivity index (χ4v) is 2.19. The average Bonchev–Trinajstić information content (AvgIpc) is 2.67. The maximum absolute atomic E-state index is 12.1. The van der Waals surface area contributed by atoms with E-state index >= 15 is 0 Å². The number of nitrogens with zero attached hydrogens (tertiary/aromatic N) is 2. The lowest BCUT2D eigenvalue weighted by molar-refractivity contribution is -0.394. The molecule has 27 heavy (non-hydrogen) atoms. The molecule has 2 aromatic carbocycles.